The monoisotopic (exact) mass is 437 g/mol. The Morgan fingerprint density at radius 1 is 1.19 bits per heavy atom. The van der Waals surface area contributed by atoms with E-state index < -0.39 is 19.6 Å². The lowest BCUT2D eigenvalue weighted by Crippen LogP contribution is -2.37. The van der Waals surface area contributed by atoms with Crippen LogP contribution in [0.2, 0.25) is 19.6 Å². The summed E-state index contributed by atoms with van der Waals surface area (Å²) in [5.74, 6) is 2.76. The summed E-state index contributed by atoms with van der Waals surface area (Å²) in [4.78, 5) is 26.3. The Bertz CT molecular complexity index is 1140. The van der Waals surface area contributed by atoms with E-state index in [2.05, 4.69) is 42.3 Å². The number of benzene rings is 1. The molecule has 2 N–H and O–H groups in total. The summed E-state index contributed by atoms with van der Waals surface area (Å²) in [7, 11) is -1.58. The normalized spacial score (nSPS) is 13.9. The van der Waals surface area contributed by atoms with Crippen molar-refractivity contribution in [3.8, 4) is 11.5 Å². The van der Waals surface area contributed by atoms with Crippen molar-refractivity contribution in [1.82, 2.24) is 9.47 Å². The third kappa shape index (κ3) is 5.20. The minimum absolute atomic E-state index is 0.273. The average molecular weight is 438 g/mol. The molecule has 3 rings (SSSR count). The number of aromatic nitrogens is 1. The second kappa shape index (κ2) is 7.93. The molecular weight excluding hydrogens is 406 g/mol. The summed E-state index contributed by atoms with van der Waals surface area (Å²) in [6.45, 7) is 17.5. The van der Waals surface area contributed by atoms with Gasteiger partial charge in [0, 0.05) is 41.4 Å². The molecule has 1 aliphatic rings. The van der Waals surface area contributed by atoms with Crippen molar-refractivity contribution in [2.45, 2.75) is 59.1 Å². The van der Waals surface area contributed by atoms with Gasteiger partial charge in [-0.3, -0.25) is 4.79 Å². The van der Waals surface area contributed by atoms with E-state index in [1.807, 2.05) is 39.1 Å². The fourth-order valence-corrected chi connectivity index (χ4v) is 4.05. The van der Waals surface area contributed by atoms with Gasteiger partial charge in [-0.1, -0.05) is 32.1 Å². The Morgan fingerprint density at radius 3 is 2.45 bits per heavy atom. The van der Waals surface area contributed by atoms with E-state index in [0.29, 0.717) is 25.2 Å². The van der Waals surface area contributed by atoms with Crippen molar-refractivity contribution in [3.63, 3.8) is 0 Å². The highest BCUT2D eigenvalue weighted by Crippen LogP contribution is 2.33. The quantitative estimate of drug-likeness (QED) is 0.436. The molecule has 1 aromatic heterocycles. The van der Waals surface area contributed by atoms with Gasteiger partial charge in [-0.2, -0.15) is 0 Å². The number of ether oxygens (including phenoxy) is 1. The summed E-state index contributed by atoms with van der Waals surface area (Å²) < 4.78 is 7.66. The van der Waals surface area contributed by atoms with Crippen LogP contribution in [0.15, 0.2) is 24.9 Å². The van der Waals surface area contributed by atoms with E-state index >= 15 is 0 Å². The zero-order valence-corrected chi connectivity index (χ0v) is 20.3. The molecule has 0 unspecified atom stereocenters. The zero-order chi connectivity index (χ0) is 23.1. The van der Waals surface area contributed by atoms with E-state index in [4.69, 9.17) is 10.5 Å². The van der Waals surface area contributed by atoms with E-state index in [9.17, 15) is 9.59 Å². The molecule has 0 saturated heterocycles. The van der Waals surface area contributed by atoms with E-state index in [1.54, 1.807) is 4.90 Å². The Morgan fingerprint density at radius 2 is 1.87 bits per heavy atom. The van der Waals surface area contributed by atoms with Gasteiger partial charge in [0.15, 0.2) is 0 Å². The van der Waals surface area contributed by atoms with Crippen LogP contribution in [0.5, 0.6) is 0 Å². The fraction of sp³-hybridized carbons (Fsp3) is 0.417. The molecule has 164 valence electrons. The molecule has 0 radical (unpaired) electrons. The Kier molecular flexibility index (Phi) is 5.81. The van der Waals surface area contributed by atoms with Gasteiger partial charge in [-0.25, -0.2) is 4.79 Å². The first-order valence-corrected chi connectivity index (χ1v) is 13.9. The summed E-state index contributed by atoms with van der Waals surface area (Å²) in [5, 5.41) is 0.882. The lowest BCUT2D eigenvalue weighted by molar-refractivity contribution is -0.112. The van der Waals surface area contributed by atoms with E-state index in [1.165, 1.54) is 0 Å². The second-order valence-corrected chi connectivity index (χ2v) is 14.8. The van der Waals surface area contributed by atoms with E-state index in [0.717, 1.165) is 22.0 Å². The molecule has 0 fully saturated rings. The maximum atomic E-state index is 12.8. The smallest absolute Gasteiger partial charge is 0.410 e. The number of carbonyl (C=O) groups excluding carboxylic acids is 2. The Hall–Kier alpha value is -2.98. The predicted octanol–water partition coefficient (Wildman–Crippen LogP) is 4.12. The minimum Gasteiger partial charge on any atom is -0.444 e. The molecule has 0 spiro atoms. The maximum Gasteiger partial charge on any atom is 0.410 e. The van der Waals surface area contributed by atoms with E-state index in [-0.39, 0.29) is 11.7 Å². The first-order valence-electron chi connectivity index (χ1n) is 10.4. The minimum atomic E-state index is -1.58. The summed E-state index contributed by atoms with van der Waals surface area (Å²) >= 11 is 0. The Balaban J connectivity index is 2.15. The topological polar surface area (TPSA) is 77.6 Å². The molecule has 6 nitrogen and oxygen atoms in total. The van der Waals surface area contributed by atoms with Crippen molar-refractivity contribution in [2.75, 3.05) is 6.54 Å². The third-order valence-electron chi connectivity index (χ3n) is 4.88. The molecule has 2 heterocycles. The molecule has 0 bridgehead atoms. The third-order valence-corrected chi connectivity index (χ3v) is 5.75. The number of nitrogens with zero attached hydrogens (tertiary/aromatic N) is 2. The molecule has 1 aromatic carbocycles. The van der Waals surface area contributed by atoms with Crippen LogP contribution in [0.25, 0.3) is 16.5 Å². The summed E-state index contributed by atoms with van der Waals surface area (Å²) in [6, 6.07) is 4.03. The van der Waals surface area contributed by atoms with Crippen LogP contribution in [0.3, 0.4) is 0 Å². The maximum absolute atomic E-state index is 12.8. The van der Waals surface area contributed by atoms with Crippen LogP contribution in [0.1, 0.15) is 37.5 Å². The molecular formula is C24H31N3O3Si. The molecule has 1 aliphatic heterocycles. The first-order chi connectivity index (χ1) is 14.2. The summed E-state index contributed by atoms with van der Waals surface area (Å²) in [5.41, 5.74) is 12.1. The van der Waals surface area contributed by atoms with Gasteiger partial charge in [0.05, 0.1) is 12.1 Å². The molecule has 0 atom stereocenters. The van der Waals surface area contributed by atoms with Gasteiger partial charge in [-0.15, -0.1) is 5.54 Å². The van der Waals surface area contributed by atoms with Gasteiger partial charge in [-0.05, 0) is 38.5 Å². The highest BCUT2D eigenvalue weighted by molar-refractivity contribution is 6.83. The number of nitrogens with two attached hydrogens (primary N) is 1. The van der Waals surface area contributed by atoms with Gasteiger partial charge in [0.25, 0.3) is 0 Å². The lowest BCUT2D eigenvalue weighted by atomic mass is 10.0. The molecule has 0 aliphatic carbocycles. The number of carbonyl (C=O) groups is 2. The number of primary amides is 1. The number of amides is 2. The van der Waals surface area contributed by atoms with Gasteiger partial charge in [0.2, 0.25) is 5.91 Å². The van der Waals surface area contributed by atoms with Gasteiger partial charge >= 0.3 is 6.09 Å². The molecule has 2 aromatic rings. The highest BCUT2D eigenvalue weighted by atomic mass is 28.3. The van der Waals surface area contributed by atoms with Crippen LogP contribution >= 0.6 is 0 Å². The standard InChI is InChI=1S/C24H31N3O3Si/c1-16(22(25)28)20-15-26-9-10-27(23(29)30-24(2,3)4)14-18-12-17(8-11-31(5,6)7)13-19(20)21(18)26/h12-13,15H,1,9-10,14H2,2-7H3,(H2,25,28). The molecule has 0 saturated carbocycles. The molecule has 2 amide bonds. The van der Waals surface area contributed by atoms with Crippen molar-refractivity contribution in [2.24, 2.45) is 5.73 Å². The SMILES string of the molecule is C=C(C(N)=O)c1cn2c3c(cc(C#C[Si](C)(C)C)cc13)CN(C(=O)OC(C)(C)C)CC2. The second-order valence-electron chi connectivity index (χ2n) is 10.0. The number of hydrogen-bond acceptors (Lipinski definition) is 3. The van der Waals surface area contributed by atoms with Crippen LogP contribution < -0.4 is 5.73 Å². The zero-order valence-electron chi connectivity index (χ0n) is 19.3. The van der Waals surface area contributed by atoms with Crippen molar-refractivity contribution in [3.05, 3.63) is 41.6 Å². The van der Waals surface area contributed by atoms with Crippen LogP contribution in [-0.2, 0) is 22.6 Å². The first kappa shape index (κ1) is 22.7. The van der Waals surface area contributed by atoms with Crippen molar-refractivity contribution >= 4 is 36.6 Å². The van der Waals surface area contributed by atoms with Gasteiger partial charge in [0.1, 0.15) is 13.7 Å². The predicted molar refractivity (Wildman–Crippen MR) is 127 cm³/mol. The van der Waals surface area contributed by atoms with Crippen LogP contribution in [0.4, 0.5) is 4.79 Å². The van der Waals surface area contributed by atoms with Gasteiger partial charge < -0.3 is 19.9 Å². The fourth-order valence-electron chi connectivity index (χ4n) is 3.53. The summed E-state index contributed by atoms with van der Waals surface area (Å²) in [6.07, 6.45) is 1.56. The Labute approximate surface area is 185 Å². The highest BCUT2D eigenvalue weighted by Gasteiger charge is 2.27. The van der Waals surface area contributed by atoms with Crippen molar-refractivity contribution in [1.29, 1.82) is 0 Å². The van der Waals surface area contributed by atoms with Crippen molar-refractivity contribution < 1.29 is 14.3 Å². The lowest BCUT2D eigenvalue weighted by Gasteiger charge is -2.26. The average Bonchev–Trinajstić information content (AvgIpc) is 2.88. The molecule has 7 heteroatoms. The molecule has 31 heavy (non-hydrogen) atoms. The number of hydrogen-bond donors (Lipinski definition) is 1. The largest absolute Gasteiger partial charge is 0.444 e. The van der Waals surface area contributed by atoms with Crippen LogP contribution in [0, 0.1) is 11.5 Å². The number of rotatable bonds is 2. The van der Waals surface area contributed by atoms with Crippen LogP contribution in [-0.4, -0.2) is 41.7 Å².